The highest BCUT2D eigenvalue weighted by Crippen LogP contribution is 2.26. The number of hydrogen-bond donors (Lipinski definition) is 2. The lowest BCUT2D eigenvalue weighted by Gasteiger charge is -2.25. The van der Waals surface area contributed by atoms with E-state index in [-0.39, 0.29) is 0 Å². The van der Waals surface area contributed by atoms with Gasteiger partial charge < -0.3 is 10.6 Å². The van der Waals surface area contributed by atoms with Crippen molar-refractivity contribution in [1.82, 2.24) is 10.2 Å². The quantitative estimate of drug-likeness (QED) is 0.751. The van der Waals surface area contributed by atoms with Crippen LogP contribution in [0.2, 0.25) is 0 Å². The molecule has 2 aromatic carbocycles. The molecule has 26 heavy (non-hydrogen) atoms. The number of nitrogens with zero attached hydrogens (tertiary/aromatic N) is 1. The van der Waals surface area contributed by atoms with Crippen molar-refractivity contribution < 1.29 is 0 Å². The van der Waals surface area contributed by atoms with E-state index in [4.69, 9.17) is 12.2 Å². The van der Waals surface area contributed by atoms with Crippen LogP contribution in [0.4, 0.5) is 5.69 Å². The van der Waals surface area contributed by atoms with E-state index in [1.807, 2.05) is 0 Å². The highest BCUT2D eigenvalue weighted by molar-refractivity contribution is 7.80. The molecule has 1 fully saturated rings. The third-order valence-electron chi connectivity index (χ3n) is 5.18. The zero-order valence-corrected chi connectivity index (χ0v) is 16.8. The topological polar surface area (TPSA) is 27.3 Å². The van der Waals surface area contributed by atoms with E-state index in [1.165, 1.54) is 23.1 Å². The van der Waals surface area contributed by atoms with Crippen LogP contribution in [0.1, 0.15) is 36.1 Å². The molecule has 0 unspecified atom stereocenters. The van der Waals surface area contributed by atoms with Crippen molar-refractivity contribution in [3.8, 4) is 0 Å². The van der Waals surface area contributed by atoms with Crippen LogP contribution in [0.5, 0.6) is 0 Å². The van der Waals surface area contributed by atoms with Gasteiger partial charge in [0.05, 0.1) is 0 Å². The number of hydrogen-bond acceptors (Lipinski definition) is 2. The third-order valence-corrected chi connectivity index (χ3v) is 5.42. The molecule has 0 radical (unpaired) electrons. The molecular weight excluding hydrogens is 338 g/mol. The predicted molar refractivity (Wildman–Crippen MR) is 115 cm³/mol. The van der Waals surface area contributed by atoms with E-state index in [2.05, 4.69) is 84.8 Å². The molecule has 138 valence electrons. The molecule has 0 aromatic heterocycles. The summed E-state index contributed by atoms with van der Waals surface area (Å²) in [7, 11) is 0. The van der Waals surface area contributed by atoms with Gasteiger partial charge in [-0.1, -0.05) is 36.4 Å². The molecule has 3 rings (SSSR count). The number of thiocarbonyl (C=S) groups is 1. The lowest BCUT2D eigenvalue weighted by atomic mass is 10.1. The van der Waals surface area contributed by atoms with Gasteiger partial charge in [0.1, 0.15) is 0 Å². The summed E-state index contributed by atoms with van der Waals surface area (Å²) in [5.41, 5.74) is 4.95. The van der Waals surface area contributed by atoms with Crippen LogP contribution in [0.3, 0.4) is 0 Å². The summed E-state index contributed by atoms with van der Waals surface area (Å²) in [5.74, 6) is 0.639. The summed E-state index contributed by atoms with van der Waals surface area (Å²) in [5, 5.41) is 7.43. The van der Waals surface area contributed by atoms with E-state index >= 15 is 0 Å². The van der Waals surface area contributed by atoms with Gasteiger partial charge in [-0.15, -0.1) is 0 Å². The molecule has 1 saturated heterocycles. The van der Waals surface area contributed by atoms with Crippen molar-refractivity contribution in [2.45, 2.75) is 33.2 Å². The van der Waals surface area contributed by atoms with Crippen molar-refractivity contribution in [3.05, 3.63) is 65.2 Å². The van der Waals surface area contributed by atoms with Crippen LogP contribution < -0.4 is 10.6 Å². The zero-order valence-electron chi connectivity index (χ0n) is 16.0. The molecule has 1 heterocycles. The zero-order chi connectivity index (χ0) is 18.5. The van der Waals surface area contributed by atoms with Crippen LogP contribution >= 0.6 is 12.2 Å². The number of benzene rings is 2. The van der Waals surface area contributed by atoms with Crippen molar-refractivity contribution in [3.63, 3.8) is 0 Å². The molecular formula is C22H29N3S. The Balaban J connectivity index is 1.46. The molecule has 4 heteroatoms. The number of nitrogens with one attached hydrogen (secondary N) is 2. The first kappa shape index (κ1) is 18.9. The Kier molecular flexibility index (Phi) is 6.28. The second-order valence-corrected chi connectivity index (χ2v) is 7.86. The Labute approximate surface area is 162 Å². The van der Waals surface area contributed by atoms with E-state index in [0.29, 0.717) is 17.1 Å². The maximum atomic E-state index is 5.48. The fourth-order valence-electron chi connectivity index (χ4n) is 3.78. The normalized spacial score (nSPS) is 18.5. The predicted octanol–water partition coefficient (Wildman–Crippen LogP) is 4.67. The molecule has 0 aliphatic carbocycles. The van der Waals surface area contributed by atoms with Crippen LogP contribution in [0.15, 0.2) is 48.5 Å². The largest absolute Gasteiger partial charge is 0.362 e. The molecule has 2 N–H and O–H groups in total. The minimum Gasteiger partial charge on any atom is -0.362 e. The van der Waals surface area contributed by atoms with E-state index < -0.39 is 0 Å². The number of likely N-dealkylation sites (tertiary alicyclic amines) is 1. The van der Waals surface area contributed by atoms with Crippen molar-refractivity contribution in [2.75, 3.05) is 25.0 Å². The molecule has 1 aliphatic rings. The molecule has 1 aliphatic heterocycles. The van der Waals surface area contributed by atoms with Crippen LogP contribution in [-0.4, -0.2) is 29.6 Å². The third kappa shape index (κ3) is 5.05. The second-order valence-electron chi connectivity index (χ2n) is 7.45. The maximum absolute atomic E-state index is 5.48. The standard InChI is InChI=1S/C22H29N3S/c1-16-11-17(2)13-21(12-16)24-22(26)23-14-19-9-10-25(15-19)18(3)20-7-5-4-6-8-20/h4-8,11-13,18-19H,9-10,14-15H2,1-3H3,(H2,23,24,26)/t18-,19-/m0/s1. The van der Waals surface area contributed by atoms with Gasteiger partial charge in [-0.2, -0.15) is 0 Å². The first-order valence-electron chi connectivity index (χ1n) is 9.43. The molecule has 0 amide bonds. The number of aryl methyl sites for hydroxylation is 2. The summed E-state index contributed by atoms with van der Waals surface area (Å²) in [6, 6.07) is 17.7. The molecule has 2 aromatic rings. The highest BCUT2D eigenvalue weighted by Gasteiger charge is 2.26. The van der Waals surface area contributed by atoms with Gasteiger partial charge in [0.15, 0.2) is 5.11 Å². The molecule has 3 nitrogen and oxygen atoms in total. The fraction of sp³-hybridized carbons (Fsp3) is 0.409. The minimum absolute atomic E-state index is 0.474. The molecule has 0 bridgehead atoms. The summed E-state index contributed by atoms with van der Waals surface area (Å²) in [4.78, 5) is 2.57. The summed E-state index contributed by atoms with van der Waals surface area (Å²) in [6.45, 7) is 9.71. The first-order valence-corrected chi connectivity index (χ1v) is 9.84. The summed E-state index contributed by atoms with van der Waals surface area (Å²) in [6.07, 6.45) is 1.22. The lowest BCUT2D eigenvalue weighted by molar-refractivity contribution is 0.253. The Hall–Kier alpha value is -1.91. The summed E-state index contributed by atoms with van der Waals surface area (Å²) < 4.78 is 0. The van der Waals surface area contributed by atoms with Gasteiger partial charge in [0, 0.05) is 24.8 Å². The molecule has 2 atom stereocenters. The van der Waals surface area contributed by atoms with Gasteiger partial charge in [0.25, 0.3) is 0 Å². The highest BCUT2D eigenvalue weighted by atomic mass is 32.1. The number of rotatable bonds is 5. The monoisotopic (exact) mass is 367 g/mol. The SMILES string of the molecule is Cc1cc(C)cc(NC(=S)NC[C@@H]2CCN([C@@H](C)c3ccccc3)C2)c1. The Morgan fingerprint density at radius 2 is 1.85 bits per heavy atom. The Bertz CT molecular complexity index is 724. The van der Waals surface area contributed by atoms with Gasteiger partial charge in [0.2, 0.25) is 0 Å². The average Bonchev–Trinajstić information content (AvgIpc) is 3.08. The average molecular weight is 368 g/mol. The van der Waals surface area contributed by atoms with Gasteiger partial charge >= 0.3 is 0 Å². The van der Waals surface area contributed by atoms with Crippen LogP contribution in [-0.2, 0) is 0 Å². The van der Waals surface area contributed by atoms with E-state index in [9.17, 15) is 0 Å². The fourth-order valence-corrected chi connectivity index (χ4v) is 3.98. The Morgan fingerprint density at radius 1 is 1.15 bits per heavy atom. The van der Waals surface area contributed by atoms with Crippen LogP contribution in [0.25, 0.3) is 0 Å². The minimum atomic E-state index is 0.474. The van der Waals surface area contributed by atoms with Crippen molar-refractivity contribution in [1.29, 1.82) is 0 Å². The number of anilines is 1. The Morgan fingerprint density at radius 3 is 2.54 bits per heavy atom. The lowest BCUT2D eigenvalue weighted by Crippen LogP contribution is -2.34. The van der Waals surface area contributed by atoms with Crippen molar-refractivity contribution >= 4 is 23.0 Å². The van der Waals surface area contributed by atoms with E-state index in [1.54, 1.807) is 0 Å². The van der Waals surface area contributed by atoms with E-state index in [0.717, 1.165) is 25.3 Å². The summed E-state index contributed by atoms with van der Waals surface area (Å²) >= 11 is 5.48. The van der Waals surface area contributed by atoms with Gasteiger partial charge in [-0.05, 0) is 80.7 Å². The molecule has 0 saturated carbocycles. The van der Waals surface area contributed by atoms with Gasteiger partial charge in [-0.25, -0.2) is 0 Å². The van der Waals surface area contributed by atoms with Crippen LogP contribution in [0, 0.1) is 19.8 Å². The van der Waals surface area contributed by atoms with Gasteiger partial charge in [-0.3, -0.25) is 4.90 Å². The van der Waals surface area contributed by atoms with Crippen molar-refractivity contribution in [2.24, 2.45) is 5.92 Å². The smallest absolute Gasteiger partial charge is 0.170 e. The maximum Gasteiger partial charge on any atom is 0.170 e. The molecule has 0 spiro atoms. The second kappa shape index (κ2) is 8.65. The first-order chi connectivity index (χ1) is 12.5.